The van der Waals surface area contributed by atoms with Crippen molar-refractivity contribution < 1.29 is 0 Å². The number of rotatable bonds is 2. The van der Waals surface area contributed by atoms with Gasteiger partial charge in [-0.1, -0.05) is 96.1 Å². The fraction of sp³-hybridized carbons (Fsp3) is 0.0645. The molecule has 1 heteroatoms. The molecule has 0 fully saturated rings. The van der Waals surface area contributed by atoms with E-state index in [0.29, 0.717) is 0 Å². The van der Waals surface area contributed by atoms with Gasteiger partial charge in [0, 0.05) is 17.8 Å². The number of hydrogen-bond acceptors (Lipinski definition) is 1. The van der Waals surface area contributed by atoms with Crippen LogP contribution in [0.1, 0.15) is 11.1 Å². The second-order valence-corrected chi connectivity index (χ2v) is 8.62. The van der Waals surface area contributed by atoms with Gasteiger partial charge in [-0.2, -0.15) is 0 Å². The van der Waals surface area contributed by atoms with E-state index in [1.165, 1.54) is 65.7 Å². The summed E-state index contributed by atoms with van der Waals surface area (Å²) in [5, 5.41) is 7.51. The average molecular weight is 410 g/mol. The zero-order valence-electron chi connectivity index (χ0n) is 18.3. The molecule has 0 N–H and O–H groups in total. The summed E-state index contributed by atoms with van der Waals surface area (Å²) in [6, 6.07) is 33.0. The molecule has 0 amide bonds. The number of aromatic nitrogens is 1. The normalized spacial score (nSPS) is 11.4. The summed E-state index contributed by atoms with van der Waals surface area (Å²) in [7, 11) is 0. The van der Waals surface area contributed by atoms with Crippen molar-refractivity contribution in [3.63, 3.8) is 0 Å². The third kappa shape index (κ3) is 2.90. The fourth-order valence-electron chi connectivity index (χ4n) is 5.18. The largest absolute Gasteiger partial charge is 0.264 e. The van der Waals surface area contributed by atoms with Gasteiger partial charge in [-0.3, -0.25) is 4.98 Å². The molecule has 0 saturated heterocycles. The molecule has 152 valence electrons. The molecule has 0 unspecified atom stereocenters. The van der Waals surface area contributed by atoms with Gasteiger partial charge >= 0.3 is 0 Å². The molecule has 5 aromatic carbocycles. The molecule has 6 rings (SSSR count). The minimum atomic E-state index is 1.19. The van der Waals surface area contributed by atoms with Crippen LogP contribution in [0.3, 0.4) is 0 Å². The second kappa shape index (κ2) is 7.32. The number of fused-ring (bicyclic) bond motifs is 3. The van der Waals surface area contributed by atoms with Crippen LogP contribution in [-0.2, 0) is 0 Å². The predicted molar refractivity (Wildman–Crippen MR) is 137 cm³/mol. The Morgan fingerprint density at radius 2 is 1.16 bits per heavy atom. The highest BCUT2D eigenvalue weighted by Crippen LogP contribution is 2.45. The number of nitrogens with zero attached hydrogens (tertiary/aromatic N) is 1. The molecule has 0 spiro atoms. The third-order valence-corrected chi connectivity index (χ3v) is 6.39. The Hall–Kier alpha value is -3.97. The molecule has 0 saturated carbocycles. The van der Waals surface area contributed by atoms with Crippen molar-refractivity contribution in [2.45, 2.75) is 13.8 Å². The average Bonchev–Trinajstić information content (AvgIpc) is 2.81. The van der Waals surface area contributed by atoms with Crippen LogP contribution in [0.2, 0.25) is 0 Å². The number of pyridine rings is 1. The Kier molecular flexibility index (Phi) is 4.29. The van der Waals surface area contributed by atoms with E-state index in [9.17, 15) is 0 Å². The molecule has 0 radical (unpaired) electrons. The van der Waals surface area contributed by atoms with Crippen LogP contribution in [0.25, 0.3) is 54.6 Å². The molecule has 1 heterocycles. The zero-order chi connectivity index (χ0) is 21.7. The Morgan fingerprint density at radius 3 is 1.94 bits per heavy atom. The van der Waals surface area contributed by atoms with Gasteiger partial charge in [0.25, 0.3) is 0 Å². The first kappa shape index (κ1) is 18.8. The van der Waals surface area contributed by atoms with Crippen molar-refractivity contribution >= 4 is 32.3 Å². The van der Waals surface area contributed by atoms with Gasteiger partial charge in [0.05, 0.1) is 0 Å². The monoisotopic (exact) mass is 409 g/mol. The molecular formula is C31H23N. The highest BCUT2D eigenvalue weighted by molar-refractivity contribution is 6.23. The minimum Gasteiger partial charge on any atom is -0.264 e. The van der Waals surface area contributed by atoms with Crippen LogP contribution in [-0.4, -0.2) is 4.98 Å². The first-order chi connectivity index (χ1) is 15.7. The summed E-state index contributed by atoms with van der Waals surface area (Å²) in [5.74, 6) is 0. The molecule has 1 nitrogen and oxygen atoms in total. The summed E-state index contributed by atoms with van der Waals surface area (Å²) in [4.78, 5) is 4.55. The topological polar surface area (TPSA) is 12.9 Å². The predicted octanol–water partition coefficient (Wildman–Crippen LogP) is 8.49. The second-order valence-electron chi connectivity index (χ2n) is 8.62. The highest BCUT2D eigenvalue weighted by atomic mass is 14.6. The van der Waals surface area contributed by atoms with Crippen molar-refractivity contribution in [3.8, 4) is 22.3 Å². The van der Waals surface area contributed by atoms with Crippen molar-refractivity contribution in [2.24, 2.45) is 0 Å². The molecule has 32 heavy (non-hydrogen) atoms. The molecule has 1 aromatic heterocycles. The Morgan fingerprint density at radius 1 is 0.531 bits per heavy atom. The SMILES string of the molecule is Cc1cc(C)cc(-c2c3ccccc3c(-c3cccc4ccccc34)c3ccncc23)c1. The van der Waals surface area contributed by atoms with Crippen LogP contribution in [0.5, 0.6) is 0 Å². The molecule has 0 aliphatic heterocycles. The van der Waals surface area contributed by atoms with Gasteiger partial charge < -0.3 is 0 Å². The molecule has 0 atom stereocenters. The number of benzene rings is 5. The Bertz CT molecular complexity index is 1560. The zero-order valence-corrected chi connectivity index (χ0v) is 18.3. The van der Waals surface area contributed by atoms with Gasteiger partial charge in [-0.15, -0.1) is 0 Å². The number of aryl methyl sites for hydroxylation is 2. The fourth-order valence-corrected chi connectivity index (χ4v) is 5.18. The maximum absolute atomic E-state index is 4.55. The lowest BCUT2D eigenvalue weighted by atomic mass is 9.85. The van der Waals surface area contributed by atoms with Gasteiger partial charge in [0.2, 0.25) is 0 Å². The smallest absolute Gasteiger partial charge is 0.0353 e. The van der Waals surface area contributed by atoms with E-state index in [1.807, 2.05) is 12.4 Å². The van der Waals surface area contributed by atoms with E-state index in [-0.39, 0.29) is 0 Å². The summed E-state index contributed by atoms with van der Waals surface area (Å²) < 4.78 is 0. The minimum absolute atomic E-state index is 1.19. The van der Waals surface area contributed by atoms with Crippen molar-refractivity contribution in [2.75, 3.05) is 0 Å². The molecule has 6 aromatic rings. The van der Waals surface area contributed by atoms with Crippen molar-refractivity contribution in [3.05, 3.63) is 115 Å². The van der Waals surface area contributed by atoms with Gasteiger partial charge in [-0.05, 0) is 69.1 Å². The summed E-state index contributed by atoms with van der Waals surface area (Å²) >= 11 is 0. The van der Waals surface area contributed by atoms with Crippen LogP contribution >= 0.6 is 0 Å². The summed E-state index contributed by atoms with van der Waals surface area (Å²) in [6.45, 7) is 4.34. The standard InChI is InChI=1S/C31H23N/c1-20-16-21(2)18-23(17-20)30-26-11-5-6-12-27(26)31(28-14-15-32-19-29(28)30)25-13-7-9-22-8-3-4-10-24(22)25/h3-19H,1-2H3. The number of hydrogen-bond donors (Lipinski definition) is 0. The highest BCUT2D eigenvalue weighted by Gasteiger charge is 2.18. The van der Waals surface area contributed by atoms with E-state index in [4.69, 9.17) is 0 Å². The summed E-state index contributed by atoms with van der Waals surface area (Å²) in [6.07, 6.45) is 3.94. The first-order valence-corrected chi connectivity index (χ1v) is 11.1. The lowest BCUT2D eigenvalue weighted by molar-refractivity contribution is 1.36. The lowest BCUT2D eigenvalue weighted by Crippen LogP contribution is -1.93. The van der Waals surface area contributed by atoms with Crippen LogP contribution in [0, 0.1) is 13.8 Å². The molecular weight excluding hydrogens is 386 g/mol. The van der Waals surface area contributed by atoms with Gasteiger partial charge in [-0.25, -0.2) is 0 Å². The van der Waals surface area contributed by atoms with Crippen molar-refractivity contribution in [1.82, 2.24) is 4.98 Å². The Labute approximate surface area is 188 Å². The van der Waals surface area contributed by atoms with Crippen LogP contribution in [0.15, 0.2) is 103 Å². The van der Waals surface area contributed by atoms with Crippen LogP contribution in [0.4, 0.5) is 0 Å². The van der Waals surface area contributed by atoms with Crippen molar-refractivity contribution in [1.29, 1.82) is 0 Å². The van der Waals surface area contributed by atoms with E-state index in [2.05, 4.69) is 110 Å². The maximum Gasteiger partial charge on any atom is 0.0353 e. The van der Waals surface area contributed by atoms with Crippen LogP contribution < -0.4 is 0 Å². The molecule has 0 aliphatic carbocycles. The molecule has 0 bridgehead atoms. The lowest BCUT2D eigenvalue weighted by Gasteiger charge is -2.19. The van der Waals surface area contributed by atoms with E-state index in [1.54, 1.807) is 0 Å². The maximum atomic E-state index is 4.55. The quantitative estimate of drug-likeness (QED) is 0.261. The van der Waals surface area contributed by atoms with Gasteiger partial charge in [0.15, 0.2) is 0 Å². The third-order valence-electron chi connectivity index (χ3n) is 6.39. The van der Waals surface area contributed by atoms with E-state index in [0.717, 1.165) is 0 Å². The Balaban J connectivity index is 1.83. The first-order valence-electron chi connectivity index (χ1n) is 11.1. The van der Waals surface area contributed by atoms with Gasteiger partial charge in [0.1, 0.15) is 0 Å². The van der Waals surface area contributed by atoms with E-state index >= 15 is 0 Å². The van der Waals surface area contributed by atoms with E-state index < -0.39 is 0 Å². The molecule has 0 aliphatic rings. The summed E-state index contributed by atoms with van der Waals surface area (Å²) in [5.41, 5.74) is 7.62.